The Hall–Kier alpha value is -0.840. The summed E-state index contributed by atoms with van der Waals surface area (Å²) in [6.45, 7) is 9.49. The van der Waals surface area contributed by atoms with Gasteiger partial charge in [-0.1, -0.05) is 28.9 Å². The minimum Gasteiger partial charge on any atom is -0.493 e. The van der Waals surface area contributed by atoms with Crippen LogP contribution in [0.4, 0.5) is 0 Å². The van der Waals surface area contributed by atoms with Crippen molar-refractivity contribution in [1.29, 1.82) is 0 Å². The molecular weight excluding hydrogens is 330 g/mol. The van der Waals surface area contributed by atoms with Crippen molar-refractivity contribution in [2.75, 3.05) is 33.4 Å². The Kier molecular flexibility index (Phi) is 5.85. The average molecular weight is 354 g/mol. The molecule has 0 spiro atoms. The van der Waals surface area contributed by atoms with E-state index >= 15 is 0 Å². The highest BCUT2D eigenvalue weighted by atomic mass is 79.9. The first-order chi connectivity index (χ1) is 10.1. The van der Waals surface area contributed by atoms with E-state index in [1.165, 1.54) is 11.1 Å². The fourth-order valence-corrected chi connectivity index (χ4v) is 3.22. The molecule has 0 amide bonds. The van der Waals surface area contributed by atoms with Crippen LogP contribution in [0.15, 0.2) is 29.3 Å². The number of ether oxygens (including phenoxy) is 2. The van der Waals surface area contributed by atoms with E-state index in [1.54, 1.807) is 7.11 Å². The normalized spacial score (nSPS) is 16.1. The monoisotopic (exact) mass is 353 g/mol. The van der Waals surface area contributed by atoms with Gasteiger partial charge in [-0.05, 0) is 29.7 Å². The van der Waals surface area contributed by atoms with E-state index < -0.39 is 0 Å². The van der Waals surface area contributed by atoms with Gasteiger partial charge >= 0.3 is 0 Å². The summed E-state index contributed by atoms with van der Waals surface area (Å²) >= 11 is 3.60. The summed E-state index contributed by atoms with van der Waals surface area (Å²) in [5.41, 5.74) is 2.56. The van der Waals surface area contributed by atoms with Gasteiger partial charge in [0.25, 0.3) is 0 Å². The smallest absolute Gasteiger partial charge is 0.125 e. The molecule has 1 heterocycles. The molecule has 1 aliphatic heterocycles. The Morgan fingerprint density at radius 3 is 3.05 bits per heavy atom. The van der Waals surface area contributed by atoms with Gasteiger partial charge in [-0.2, -0.15) is 0 Å². The summed E-state index contributed by atoms with van der Waals surface area (Å²) in [5.74, 6) is 1.07. The number of hydrogen-bond acceptors (Lipinski definition) is 3. The van der Waals surface area contributed by atoms with Crippen molar-refractivity contribution < 1.29 is 9.47 Å². The largest absolute Gasteiger partial charge is 0.493 e. The predicted molar refractivity (Wildman–Crippen MR) is 90.1 cm³/mol. The lowest BCUT2D eigenvalue weighted by Gasteiger charge is -2.27. The number of benzene rings is 1. The van der Waals surface area contributed by atoms with Crippen molar-refractivity contribution in [3.8, 4) is 5.75 Å². The van der Waals surface area contributed by atoms with Gasteiger partial charge in [0.2, 0.25) is 0 Å². The molecule has 0 aromatic heterocycles. The van der Waals surface area contributed by atoms with E-state index in [9.17, 15) is 0 Å². The van der Waals surface area contributed by atoms with Crippen LogP contribution in [-0.4, -0.2) is 33.4 Å². The molecule has 0 fully saturated rings. The van der Waals surface area contributed by atoms with Gasteiger partial charge in [0.15, 0.2) is 0 Å². The molecule has 1 aliphatic rings. The van der Waals surface area contributed by atoms with Gasteiger partial charge in [0.05, 0.1) is 13.2 Å². The fraction of sp³-hybridized carbons (Fsp3) is 0.529. The third-order valence-corrected chi connectivity index (χ3v) is 4.38. The molecule has 3 nitrogen and oxygen atoms in total. The second-order valence-electron chi connectivity index (χ2n) is 5.86. The van der Waals surface area contributed by atoms with Gasteiger partial charge in [-0.3, -0.25) is 0 Å². The van der Waals surface area contributed by atoms with Crippen molar-refractivity contribution >= 4 is 15.9 Å². The summed E-state index contributed by atoms with van der Waals surface area (Å²) in [6, 6.07) is 4.33. The van der Waals surface area contributed by atoms with Crippen molar-refractivity contribution in [3.63, 3.8) is 0 Å². The van der Waals surface area contributed by atoms with Crippen LogP contribution in [0.5, 0.6) is 5.75 Å². The Morgan fingerprint density at radius 1 is 1.52 bits per heavy atom. The molecule has 0 saturated carbocycles. The quantitative estimate of drug-likeness (QED) is 0.574. The van der Waals surface area contributed by atoms with Crippen LogP contribution in [0.1, 0.15) is 18.1 Å². The van der Waals surface area contributed by atoms with Crippen LogP contribution < -0.4 is 10.1 Å². The molecule has 0 bridgehead atoms. The maximum Gasteiger partial charge on any atom is 0.125 e. The standard InChI is InChI=1S/C17H24BrNO2/c1-4-17(2,12-19-6-8-20-3)11-14-10-15(18)9-13-5-7-21-16(13)14/h4,9-10,19H,1,5-8,11-12H2,2-3H3. The third-order valence-electron chi connectivity index (χ3n) is 3.92. The molecule has 4 heteroatoms. The van der Waals surface area contributed by atoms with Crippen molar-refractivity contribution in [1.82, 2.24) is 5.32 Å². The molecule has 116 valence electrons. The van der Waals surface area contributed by atoms with Crippen LogP contribution in [0.3, 0.4) is 0 Å². The third kappa shape index (κ3) is 4.31. The zero-order chi connectivity index (χ0) is 15.3. The summed E-state index contributed by atoms with van der Waals surface area (Å²) in [5, 5.41) is 3.43. The van der Waals surface area contributed by atoms with Crippen LogP contribution in [0.2, 0.25) is 0 Å². The number of fused-ring (bicyclic) bond motifs is 1. The molecule has 21 heavy (non-hydrogen) atoms. The minimum absolute atomic E-state index is 0.00570. The number of methoxy groups -OCH3 is 1. The molecule has 2 rings (SSSR count). The second-order valence-corrected chi connectivity index (χ2v) is 6.77. The number of nitrogens with one attached hydrogen (secondary N) is 1. The first kappa shape index (κ1) is 16.5. The van der Waals surface area contributed by atoms with Crippen LogP contribution >= 0.6 is 15.9 Å². The highest BCUT2D eigenvalue weighted by Crippen LogP contribution is 2.36. The van der Waals surface area contributed by atoms with Gasteiger partial charge in [0, 0.05) is 36.5 Å². The van der Waals surface area contributed by atoms with E-state index in [1.807, 2.05) is 6.08 Å². The molecule has 1 aromatic rings. The molecule has 0 saturated heterocycles. The lowest BCUT2D eigenvalue weighted by atomic mass is 9.83. The molecule has 1 aromatic carbocycles. The molecule has 0 radical (unpaired) electrons. The van der Waals surface area contributed by atoms with E-state index in [0.717, 1.165) is 49.4 Å². The fourth-order valence-electron chi connectivity index (χ4n) is 2.67. The average Bonchev–Trinajstić information content (AvgIpc) is 2.92. The molecule has 1 atom stereocenters. The SMILES string of the molecule is C=CC(C)(CNCCOC)Cc1cc(Br)cc2c1OCC2. The lowest BCUT2D eigenvalue weighted by molar-refractivity contribution is 0.195. The maximum atomic E-state index is 5.82. The first-order valence-corrected chi connectivity index (χ1v) is 8.14. The van der Waals surface area contributed by atoms with Crippen molar-refractivity contribution in [2.24, 2.45) is 5.41 Å². The topological polar surface area (TPSA) is 30.5 Å². The molecule has 1 unspecified atom stereocenters. The highest BCUT2D eigenvalue weighted by Gasteiger charge is 2.25. The highest BCUT2D eigenvalue weighted by molar-refractivity contribution is 9.10. The van der Waals surface area contributed by atoms with Crippen molar-refractivity contribution in [2.45, 2.75) is 19.8 Å². The zero-order valence-electron chi connectivity index (χ0n) is 12.9. The molecule has 1 N–H and O–H groups in total. The lowest BCUT2D eigenvalue weighted by Crippen LogP contribution is -2.34. The minimum atomic E-state index is -0.00570. The Balaban J connectivity index is 2.09. The molecule has 0 aliphatic carbocycles. The van der Waals surface area contributed by atoms with E-state index in [0.29, 0.717) is 0 Å². The Morgan fingerprint density at radius 2 is 2.33 bits per heavy atom. The van der Waals surface area contributed by atoms with Gasteiger partial charge in [-0.15, -0.1) is 6.58 Å². The number of rotatable bonds is 8. The number of halogens is 1. The Bertz CT molecular complexity index is 504. The van der Waals surface area contributed by atoms with Crippen LogP contribution in [0, 0.1) is 5.41 Å². The summed E-state index contributed by atoms with van der Waals surface area (Å²) < 4.78 is 12.0. The number of hydrogen-bond donors (Lipinski definition) is 1. The van der Waals surface area contributed by atoms with Gasteiger partial charge in [-0.25, -0.2) is 0 Å². The zero-order valence-corrected chi connectivity index (χ0v) is 14.5. The molecular formula is C17H24BrNO2. The van der Waals surface area contributed by atoms with E-state index in [2.05, 4.69) is 46.9 Å². The van der Waals surface area contributed by atoms with Gasteiger partial charge < -0.3 is 14.8 Å². The first-order valence-electron chi connectivity index (χ1n) is 7.35. The summed E-state index contributed by atoms with van der Waals surface area (Å²) in [6.07, 6.45) is 3.95. The van der Waals surface area contributed by atoms with Crippen LogP contribution in [-0.2, 0) is 17.6 Å². The van der Waals surface area contributed by atoms with Crippen molar-refractivity contribution in [3.05, 3.63) is 40.4 Å². The Labute approximate surface area is 135 Å². The maximum absolute atomic E-state index is 5.82. The predicted octanol–water partition coefficient (Wildman–Crippen LogP) is 3.35. The van der Waals surface area contributed by atoms with E-state index in [4.69, 9.17) is 9.47 Å². The summed E-state index contributed by atoms with van der Waals surface area (Å²) in [7, 11) is 1.72. The second kappa shape index (κ2) is 7.43. The van der Waals surface area contributed by atoms with Crippen LogP contribution in [0.25, 0.3) is 0 Å². The van der Waals surface area contributed by atoms with Gasteiger partial charge in [0.1, 0.15) is 5.75 Å². The van der Waals surface area contributed by atoms with E-state index in [-0.39, 0.29) is 5.41 Å². The summed E-state index contributed by atoms with van der Waals surface area (Å²) in [4.78, 5) is 0.